The fourth-order valence-corrected chi connectivity index (χ4v) is 1.05. The van der Waals surface area contributed by atoms with Gasteiger partial charge in [-0.2, -0.15) is 0 Å². The van der Waals surface area contributed by atoms with Crippen LogP contribution >= 0.6 is 15.9 Å². The van der Waals surface area contributed by atoms with Gasteiger partial charge in [0.2, 0.25) is 5.91 Å². The Morgan fingerprint density at radius 3 is 3.11 bits per heavy atom. The van der Waals surface area contributed by atoms with Crippen molar-refractivity contribution < 1.29 is 9.53 Å². The van der Waals surface area contributed by atoms with Crippen LogP contribution in [0.5, 0.6) is 0 Å². The van der Waals surface area contributed by atoms with Crippen LogP contribution in [-0.4, -0.2) is 30.5 Å². The predicted octanol–water partition coefficient (Wildman–Crippen LogP) is -0.104. The second kappa shape index (κ2) is 3.17. The van der Waals surface area contributed by atoms with Crippen LogP contribution in [0.2, 0.25) is 0 Å². The summed E-state index contributed by atoms with van der Waals surface area (Å²) in [6.07, 6.45) is 0.155. The number of alkyl halides is 1. The highest BCUT2D eigenvalue weighted by Gasteiger charge is 2.16. The molecule has 1 N–H and O–H groups in total. The van der Waals surface area contributed by atoms with Crippen molar-refractivity contribution in [1.82, 2.24) is 5.32 Å². The van der Waals surface area contributed by atoms with E-state index in [1.54, 1.807) is 0 Å². The number of rotatable bonds is 1. The average molecular weight is 194 g/mol. The van der Waals surface area contributed by atoms with Gasteiger partial charge in [0.05, 0.1) is 6.10 Å². The Hall–Kier alpha value is -0.0900. The van der Waals surface area contributed by atoms with Crippen LogP contribution in [0.25, 0.3) is 0 Å². The first-order chi connectivity index (χ1) is 4.33. The number of carbonyl (C=O) groups excluding carboxylic acids is 1. The fourth-order valence-electron chi connectivity index (χ4n) is 0.630. The lowest BCUT2D eigenvalue weighted by molar-refractivity contribution is -0.132. The van der Waals surface area contributed by atoms with Crippen molar-refractivity contribution in [3.8, 4) is 0 Å². The van der Waals surface area contributed by atoms with Gasteiger partial charge in [-0.05, 0) is 0 Å². The van der Waals surface area contributed by atoms with Crippen LogP contribution in [0.1, 0.15) is 0 Å². The normalized spacial score (nSPS) is 27.7. The first kappa shape index (κ1) is 7.02. The highest BCUT2D eigenvalue weighted by atomic mass is 79.9. The number of halogens is 1. The Labute approximate surface area is 61.9 Å². The quantitative estimate of drug-likeness (QED) is 0.591. The average Bonchev–Trinajstić information content (AvgIpc) is 1.90. The summed E-state index contributed by atoms with van der Waals surface area (Å²) < 4.78 is 5.08. The number of hydrogen-bond donors (Lipinski definition) is 1. The summed E-state index contributed by atoms with van der Waals surface area (Å²) in [6.45, 7) is 0.834. The van der Waals surface area contributed by atoms with E-state index in [1.165, 1.54) is 0 Å². The Balaban J connectivity index is 2.26. The van der Waals surface area contributed by atoms with Gasteiger partial charge in [-0.25, -0.2) is 0 Å². The lowest BCUT2D eigenvalue weighted by atomic mass is 10.3. The molecule has 0 bridgehead atoms. The fraction of sp³-hybridized carbons (Fsp3) is 0.800. The van der Waals surface area contributed by atoms with Crippen LogP contribution in [-0.2, 0) is 9.53 Å². The van der Waals surface area contributed by atoms with Crippen LogP contribution in [0, 0.1) is 0 Å². The summed E-state index contributed by atoms with van der Waals surface area (Å²) in [7, 11) is 0. The van der Waals surface area contributed by atoms with Crippen molar-refractivity contribution in [3.05, 3.63) is 0 Å². The second-order valence-corrected chi connectivity index (χ2v) is 2.54. The third-order valence-electron chi connectivity index (χ3n) is 1.15. The van der Waals surface area contributed by atoms with Crippen LogP contribution in [0.3, 0.4) is 0 Å². The summed E-state index contributed by atoms with van der Waals surface area (Å²) in [5, 5.41) is 3.47. The van der Waals surface area contributed by atoms with E-state index in [2.05, 4.69) is 21.2 Å². The highest BCUT2D eigenvalue weighted by Crippen LogP contribution is 1.99. The number of nitrogens with one attached hydrogen (secondary N) is 1. The van der Waals surface area contributed by atoms with Gasteiger partial charge in [-0.15, -0.1) is 0 Å². The van der Waals surface area contributed by atoms with E-state index in [1.807, 2.05) is 0 Å². The smallest absolute Gasteiger partial charge is 0.246 e. The van der Waals surface area contributed by atoms with Gasteiger partial charge < -0.3 is 10.1 Å². The van der Waals surface area contributed by atoms with Crippen molar-refractivity contribution in [2.45, 2.75) is 6.10 Å². The van der Waals surface area contributed by atoms with E-state index in [4.69, 9.17) is 4.74 Å². The molecule has 0 aromatic carbocycles. The number of ether oxygens (including phenoxy) is 1. The maximum absolute atomic E-state index is 10.5. The van der Waals surface area contributed by atoms with E-state index in [-0.39, 0.29) is 18.6 Å². The van der Waals surface area contributed by atoms with Gasteiger partial charge >= 0.3 is 0 Å². The highest BCUT2D eigenvalue weighted by molar-refractivity contribution is 9.09. The Bertz CT molecular complexity index is 108. The zero-order valence-electron chi connectivity index (χ0n) is 4.89. The van der Waals surface area contributed by atoms with E-state index in [9.17, 15) is 4.79 Å². The molecule has 1 fully saturated rings. The molecule has 0 aromatic rings. The van der Waals surface area contributed by atoms with Gasteiger partial charge in [0.15, 0.2) is 0 Å². The Morgan fingerprint density at radius 2 is 2.67 bits per heavy atom. The zero-order valence-corrected chi connectivity index (χ0v) is 6.48. The van der Waals surface area contributed by atoms with Crippen LogP contribution in [0.4, 0.5) is 0 Å². The molecular weight excluding hydrogens is 186 g/mol. The van der Waals surface area contributed by atoms with Gasteiger partial charge in [0.25, 0.3) is 0 Å². The summed E-state index contributed by atoms with van der Waals surface area (Å²) >= 11 is 3.25. The number of carbonyl (C=O) groups is 1. The predicted molar refractivity (Wildman–Crippen MR) is 36.5 cm³/mol. The zero-order chi connectivity index (χ0) is 6.69. The van der Waals surface area contributed by atoms with E-state index in [0.717, 1.165) is 5.33 Å². The molecule has 1 aliphatic heterocycles. The van der Waals surface area contributed by atoms with Crippen molar-refractivity contribution in [3.63, 3.8) is 0 Å². The molecule has 1 rings (SSSR count). The third-order valence-corrected chi connectivity index (χ3v) is 1.87. The molecular formula is C5H8BrNO2. The summed E-state index contributed by atoms with van der Waals surface area (Å²) in [5.74, 6) is -0.0211. The van der Waals surface area contributed by atoms with E-state index < -0.39 is 0 Å². The lowest BCUT2D eigenvalue weighted by Crippen LogP contribution is -2.43. The van der Waals surface area contributed by atoms with E-state index in [0.29, 0.717) is 6.54 Å². The second-order valence-electron chi connectivity index (χ2n) is 1.89. The molecule has 1 amide bonds. The molecule has 0 spiro atoms. The molecule has 9 heavy (non-hydrogen) atoms. The minimum atomic E-state index is -0.0211. The first-order valence-electron chi connectivity index (χ1n) is 2.77. The standard InChI is InChI=1S/C5H8BrNO2/c6-1-4-2-7-5(8)3-9-4/h4H,1-3H2,(H,7,8). The van der Waals surface area contributed by atoms with Gasteiger partial charge in [-0.3, -0.25) is 4.79 Å². The van der Waals surface area contributed by atoms with Crippen LogP contribution in [0.15, 0.2) is 0 Å². The van der Waals surface area contributed by atoms with Crippen molar-refractivity contribution in [1.29, 1.82) is 0 Å². The summed E-state index contributed by atoms with van der Waals surface area (Å²) in [4.78, 5) is 10.5. The molecule has 52 valence electrons. The molecule has 1 unspecified atom stereocenters. The minimum absolute atomic E-state index is 0.0211. The van der Waals surface area contributed by atoms with Crippen molar-refractivity contribution in [2.75, 3.05) is 18.5 Å². The van der Waals surface area contributed by atoms with Gasteiger partial charge in [0.1, 0.15) is 6.61 Å². The molecule has 0 aromatic heterocycles. The Morgan fingerprint density at radius 1 is 1.89 bits per heavy atom. The number of amides is 1. The lowest BCUT2D eigenvalue weighted by Gasteiger charge is -2.20. The van der Waals surface area contributed by atoms with Crippen molar-refractivity contribution >= 4 is 21.8 Å². The number of morpholine rings is 1. The molecule has 0 radical (unpaired) electrons. The van der Waals surface area contributed by atoms with Crippen LogP contribution < -0.4 is 5.32 Å². The van der Waals surface area contributed by atoms with Gasteiger partial charge in [0, 0.05) is 11.9 Å². The molecule has 1 atom stereocenters. The minimum Gasteiger partial charge on any atom is -0.366 e. The van der Waals surface area contributed by atoms with Crippen molar-refractivity contribution in [2.24, 2.45) is 0 Å². The molecule has 4 heteroatoms. The summed E-state index contributed by atoms with van der Waals surface area (Å²) in [6, 6.07) is 0. The van der Waals surface area contributed by atoms with Gasteiger partial charge in [-0.1, -0.05) is 15.9 Å². The van der Waals surface area contributed by atoms with E-state index >= 15 is 0 Å². The topological polar surface area (TPSA) is 38.3 Å². The molecule has 1 heterocycles. The Kier molecular flexibility index (Phi) is 2.48. The largest absolute Gasteiger partial charge is 0.366 e. The molecule has 1 aliphatic rings. The molecule has 0 saturated carbocycles. The summed E-state index contributed by atoms with van der Waals surface area (Å²) in [5.41, 5.74) is 0. The maximum atomic E-state index is 10.5. The molecule has 3 nitrogen and oxygen atoms in total. The first-order valence-corrected chi connectivity index (χ1v) is 3.89. The number of hydrogen-bond acceptors (Lipinski definition) is 2. The third kappa shape index (κ3) is 1.95. The molecule has 1 saturated heterocycles. The maximum Gasteiger partial charge on any atom is 0.246 e. The molecule has 0 aliphatic carbocycles. The monoisotopic (exact) mass is 193 g/mol. The SMILES string of the molecule is O=C1COC(CBr)CN1.